The van der Waals surface area contributed by atoms with Crippen LogP contribution >= 0.6 is 23.5 Å². The number of rotatable bonds is 12. The third-order valence-electron chi connectivity index (χ3n) is 6.93. The number of nitrogen functional groups attached to an aromatic ring is 2. The van der Waals surface area contributed by atoms with Crippen molar-refractivity contribution in [2.24, 2.45) is 0 Å². The first-order valence-electron chi connectivity index (χ1n) is 14.2. The predicted molar refractivity (Wildman–Crippen MR) is 171 cm³/mol. The second kappa shape index (κ2) is 13.4. The maximum Gasteiger partial charge on any atom is 0.196 e. The van der Waals surface area contributed by atoms with Crippen LogP contribution in [0, 0.1) is 0 Å². The Kier molecular flexibility index (Phi) is 9.45. The van der Waals surface area contributed by atoms with Gasteiger partial charge in [0, 0.05) is 65.3 Å². The van der Waals surface area contributed by atoms with Crippen LogP contribution in [0.3, 0.4) is 0 Å². The monoisotopic (exact) mass is 598 g/mol. The van der Waals surface area contributed by atoms with Crippen LogP contribution in [-0.2, 0) is 0 Å². The maximum absolute atomic E-state index is 14.2. The molecule has 4 N–H and O–H groups in total. The number of ketones is 2. The largest absolute Gasteiger partial charge is 0.494 e. The first-order chi connectivity index (χ1) is 20.4. The van der Waals surface area contributed by atoms with E-state index in [0.29, 0.717) is 68.1 Å². The quantitative estimate of drug-likeness (QED) is 0.109. The van der Waals surface area contributed by atoms with Gasteiger partial charge in [0.25, 0.3) is 0 Å². The molecule has 216 valence electrons. The van der Waals surface area contributed by atoms with Gasteiger partial charge in [0.05, 0.1) is 13.2 Å². The molecular weight excluding hydrogens is 565 g/mol. The highest BCUT2D eigenvalue weighted by Crippen LogP contribution is 2.43. The van der Waals surface area contributed by atoms with Crippen molar-refractivity contribution >= 4 is 46.5 Å². The fourth-order valence-electron chi connectivity index (χ4n) is 4.67. The van der Waals surface area contributed by atoms with E-state index in [1.54, 1.807) is 36.4 Å². The van der Waals surface area contributed by atoms with Gasteiger partial charge in [0.15, 0.2) is 11.6 Å². The minimum atomic E-state index is -0.193. The normalized spacial score (nSPS) is 12.1. The highest BCUT2D eigenvalue weighted by molar-refractivity contribution is 8.00. The first kappa shape index (κ1) is 29.6. The standard InChI is InChI=1S/C34H34N2O4S2/c1-3-5-17-39-21-13-15-27(25(35)19-21)41-29-11-7-9-23-31(29)34(38)32-24(33(23)37)10-8-12-30(32)42-28-16-14-22(20-26(28)36)40-18-6-4-2/h7-16,19-20H,3-6,17-18,35-36H2,1-2H3. The molecular formula is C34H34N2O4S2. The zero-order valence-corrected chi connectivity index (χ0v) is 25.4. The zero-order chi connectivity index (χ0) is 29.6. The van der Waals surface area contributed by atoms with Crippen molar-refractivity contribution in [2.45, 2.75) is 59.1 Å². The van der Waals surface area contributed by atoms with Crippen molar-refractivity contribution < 1.29 is 19.1 Å². The number of nitrogens with two attached hydrogens (primary N) is 2. The van der Waals surface area contributed by atoms with Gasteiger partial charge < -0.3 is 20.9 Å². The second-order valence-electron chi connectivity index (χ2n) is 10.0. The molecule has 0 unspecified atom stereocenters. The molecule has 1 aliphatic rings. The Morgan fingerprint density at radius 3 is 1.45 bits per heavy atom. The summed E-state index contributed by atoms with van der Waals surface area (Å²) >= 11 is 2.75. The van der Waals surface area contributed by atoms with Crippen molar-refractivity contribution in [1.82, 2.24) is 0 Å². The molecule has 0 spiro atoms. The molecule has 1 aliphatic carbocycles. The lowest BCUT2D eigenvalue weighted by Gasteiger charge is -2.22. The van der Waals surface area contributed by atoms with Gasteiger partial charge in [0.2, 0.25) is 0 Å². The van der Waals surface area contributed by atoms with E-state index < -0.39 is 0 Å². The Bertz CT molecular complexity index is 1520. The molecule has 6 nitrogen and oxygen atoms in total. The number of fused-ring (bicyclic) bond motifs is 2. The smallest absolute Gasteiger partial charge is 0.196 e. The van der Waals surface area contributed by atoms with E-state index in [2.05, 4.69) is 13.8 Å². The maximum atomic E-state index is 14.2. The van der Waals surface area contributed by atoms with E-state index in [1.165, 1.54) is 23.5 Å². The fraction of sp³-hybridized carbons (Fsp3) is 0.235. The molecule has 0 saturated heterocycles. The Hall–Kier alpha value is -3.88. The number of hydrogen-bond donors (Lipinski definition) is 2. The van der Waals surface area contributed by atoms with Gasteiger partial charge in [-0.3, -0.25) is 9.59 Å². The minimum absolute atomic E-state index is 0.176. The first-order valence-corrected chi connectivity index (χ1v) is 15.8. The molecule has 0 fully saturated rings. The number of ether oxygens (including phenoxy) is 2. The molecule has 8 heteroatoms. The van der Waals surface area contributed by atoms with Gasteiger partial charge in [-0.1, -0.05) is 74.5 Å². The van der Waals surface area contributed by atoms with Gasteiger partial charge in [-0.25, -0.2) is 0 Å². The lowest BCUT2D eigenvalue weighted by molar-refractivity contribution is 0.0974. The van der Waals surface area contributed by atoms with Crippen LogP contribution in [-0.4, -0.2) is 24.8 Å². The highest BCUT2D eigenvalue weighted by Gasteiger charge is 2.34. The summed E-state index contributed by atoms with van der Waals surface area (Å²) in [5, 5.41) is 0. The third kappa shape index (κ3) is 6.30. The fourth-order valence-corrected chi connectivity index (χ4v) is 6.68. The van der Waals surface area contributed by atoms with Crippen LogP contribution in [0.25, 0.3) is 0 Å². The topological polar surface area (TPSA) is 105 Å². The summed E-state index contributed by atoms with van der Waals surface area (Å²) in [5.74, 6) is 1.05. The number of unbranched alkanes of at least 4 members (excludes halogenated alkanes) is 2. The molecule has 4 aromatic carbocycles. The number of benzene rings is 4. The van der Waals surface area contributed by atoms with Crippen molar-refractivity contribution in [3.8, 4) is 11.5 Å². The van der Waals surface area contributed by atoms with Gasteiger partial charge in [0.1, 0.15) is 11.5 Å². The highest BCUT2D eigenvalue weighted by atomic mass is 32.2. The van der Waals surface area contributed by atoms with Crippen LogP contribution in [0.2, 0.25) is 0 Å². The van der Waals surface area contributed by atoms with Gasteiger partial charge >= 0.3 is 0 Å². The van der Waals surface area contributed by atoms with E-state index >= 15 is 0 Å². The second-order valence-corrected chi connectivity index (χ2v) is 12.2. The van der Waals surface area contributed by atoms with Crippen molar-refractivity contribution in [1.29, 1.82) is 0 Å². The van der Waals surface area contributed by atoms with E-state index in [9.17, 15) is 9.59 Å². The molecule has 4 aromatic rings. The van der Waals surface area contributed by atoms with E-state index in [4.69, 9.17) is 20.9 Å². The Labute approximate surface area is 255 Å². The summed E-state index contributed by atoms with van der Waals surface area (Å²) in [7, 11) is 0. The zero-order valence-electron chi connectivity index (χ0n) is 23.8. The Morgan fingerprint density at radius 2 is 1.05 bits per heavy atom. The van der Waals surface area contributed by atoms with Crippen molar-refractivity contribution in [2.75, 3.05) is 24.7 Å². The minimum Gasteiger partial charge on any atom is -0.494 e. The van der Waals surface area contributed by atoms with Crippen LogP contribution < -0.4 is 20.9 Å². The van der Waals surface area contributed by atoms with Crippen molar-refractivity contribution in [3.63, 3.8) is 0 Å². The summed E-state index contributed by atoms with van der Waals surface area (Å²) in [5.41, 5.74) is 15.4. The summed E-state index contributed by atoms with van der Waals surface area (Å²) in [6, 6.07) is 21.9. The molecule has 0 atom stereocenters. The van der Waals surface area contributed by atoms with Crippen LogP contribution in [0.1, 0.15) is 71.4 Å². The number of anilines is 2. The van der Waals surface area contributed by atoms with E-state index in [0.717, 1.165) is 35.5 Å². The molecule has 0 saturated carbocycles. The summed E-state index contributed by atoms with van der Waals surface area (Å²) in [4.78, 5) is 30.8. The predicted octanol–water partition coefficient (Wildman–Crippen LogP) is 8.29. The van der Waals surface area contributed by atoms with Crippen molar-refractivity contribution in [3.05, 3.63) is 95.1 Å². The summed E-state index contributed by atoms with van der Waals surface area (Å²) < 4.78 is 11.6. The molecule has 0 bridgehead atoms. The summed E-state index contributed by atoms with van der Waals surface area (Å²) in [6.45, 7) is 5.49. The number of hydrogen-bond acceptors (Lipinski definition) is 8. The Balaban J connectivity index is 1.44. The molecule has 0 aliphatic heterocycles. The Morgan fingerprint density at radius 1 is 0.595 bits per heavy atom. The van der Waals surface area contributed by atoms with Gasteiger partial charge in [-0.15, -0.1) is 0 Å². The lowest BCUT2D eigenvalue weighted by atomic mass is 9.84. The molecule has 0 radical (unpaired) electrons. The molecule has 5 rings (SSSR count). The van der Waals surface area contributed by atoms with E-state index in [-0.39, 0.29) is 11.6 Å². The van der Waals surface area contributed by atoms with E-state index in [1.807, 2.05) is 36.4 Å². The average Bonchev–Trinajstić information content (AvgIpc) is 2.98. The average molecular weight is 599 g/mol. The molecule has 0 heterocycles. The van der Waals surface area contributed by atoms with Crippen LogP contribution in [0.15, 0.2) is 92.4 Å². The molecule has 0 amide bonds. The van der Waals surface area contributed by atoms with Gasteiger partial charge in [-0.2, -0.15) is 0 Å². The van der Waals surface area contributed by atoms with Gasteiger partial charge in [-0.05, 0) is 49.2 Å². The molecule has 42 heavy (non-hydrogen) atoms. The summed E-state index contributed by atoms with van der Waals surface area (Å²) in [6.07, 6.45) is 4.03. The number of carbonyl (C=O) groups is 2. The van der Waals surface area contributed by atoms with Crippen LogP contribution in [0.4, 0.5) is 11.4 Å². The molecule has 0 aromatic heterocycles. The van der Waals surface area contributed by atoms with Crippen LogP contribution in [0.5, 0.6) is 11.5 Å². The number of carbonyl (C=O) groups excluding carboxylic acids is 2. The SMILES string of the molecule is CCCCOc1ccc(Sc2cccc3c2C(=O)c2c(Sc4ccc(OCCCC)cc4N)cccc2C3=O)c(N)c1. The third-order valence-corrected chi connectivity index (χ3v) is 9.24. The lowest BCUT2D eigenvalue weighted by Crippen LogP contribution is -2.22.